The third kappa shape index (κ3) is 2.44. The van der Waals surface area contributed by atoms with E-state index in [2.05, 4.69) is 43.5 Å². The lowest BCUT2D eigenvalue weighted by atomic mass is 9.85. The summed E-state index contributed by atoms with van der Waals surface area (Å²) in [4.78, 5) is 0. The molecule has 1 unspecified atom stereocenters. The Kier molecular flexibility index (Phi) is 4.38. The number of rotatable bonds is 5. The fraction of sp³-hybridized carbons (Fsp3) is 0.600. The number of nitrogens with one attached hydrogen (secondary N) is 1. The number of hydrogen-bond acceptors (Lipinski definition) is 3. The molecule has 1 aliphatic rings. The zero-order valence-electron chi connectivity index (χ0n) is 11.4. The van der Waals surface area contributed by atoms with E-state index in [1.165, 1.54) is 24.0 Å². The van der Waals surface area contributed by atoms with Crippen LogP contribution in [0.25, 0.3) is 0 Å². The molecule has 3 nitrogen and oxygen atoms in total. The van der Waals surface area contributed by atoms with Crippen LogP contribution in [0.5, 0.6) is 0 Å². The van der Waals surface area contributed by atoms with Crippen molar-refractivity contribution in [1.82, 2.24) is 5.43 Å². The minimum atomic E-state index is -0.129. The van der Waals surface area contributed by atoms with Gasteiger partial charge in [-0.2, -0.15) is 0 Å². The molecule has 0 aromatic heterocycles. The standard InChI is InChI=1S/C15H24N2O/c1-3-18-15(10-6-7-11-15)14(17-16)13-9-5-4-8-12(13)2/h4-5,8-9,14,17H,3,6-7,10-11,16H2,1-2H3. The Morgan fingerprint density at radius 3 is 2.56 bits per heavy atom. The molecule has 1 aromatic rings. The maximum absolute atomic E-state index is 6.11. The maximum atomic E-state index is 6.11. The maximum Gasteiger partial charge on any atom is 0.0889 e. The Bertz CT molecular complexity index is 386. The molecule has 0 bridgehead atoms. The lowest BCUT2D eigenvalue weighted by molar-refractivity contribution is -0.0628. The number of nitrogens with two attached hydrogens (primary N) is 1. The molecule has 18 heavy (non-hydrogen) atoms. The van der Waals surface area contributed by atoms with E-state index in [4.69, 9.17) is 10.6 Å². The molecular weight excluding hydrogens is 224 g/mol. The summed E-state index contributed by atoms with van der Waals surface area (Å²) in [5.41, 5.74) is 5.40. The number of hydrogen-bond donors (Lipinski definition) is 2. The van der Waals surface area contributed by atoms with Gasteiger partial charge in [-0.15, -0.1) is 0 Å². The average molecular weight is 248 g/mol. The molecule has 1 aliphatic carbocycles. The van der Waals surface area contributed by atoms with Crippen molar-refractivity contribution in [2.24, 2.45) is 5.84 Å². The Morgan fingerprint density at radius 2 is 2.00 bits per heavy atom. The molecule has 100 valence electrons. The van der Waals surface area contributed by atoms with Crippen molar-refractivity contribution in [3.05, 3.63) is 35.4 Å². The van der Waals surface area contributed by atoms with Crippen LogP contribution in [0.3, 0.4) is 0 Å². The predicted molar refractivity (Wildman–Crippen MR) is 74.1 cm³/mol. The quantitative estimate of drug-likeness (QED) is 0.622. The van der Waals surface area contributed by atoms with Gasteiger partial charge in [0.05, 0.1) is 11.6 Å². The van der Waals surface area contributed by atoms with Gasteiger partial charge in [-0.1, -0.05) is 37.1 Å². The molecule has 1 aromatic carbocycles. The van der Waals surface area contributed by atoms with Gasteiger partial charge in [-0.25, -0.2) is 0 Å². The normalized spacial score (nSPS) is 19.9. The van der Waals surface area contributed by atoms with E-state index in [0.29, 0.717) is 0 Å². The Morgan fingerprint density at radius 1 is 1.33 bits per heavy atom. The van der Waals surface area contributed by atoms with Gasteiger partial charge in [-0.05, 0) is 37.8 Å². The van der Waals surface area contributed by atoms with Gasteiger partial charge >= 0.3 is 0 Å². The van der Waals surface area contributed by atoms with Crippen molar-refractivity contribution in [2.75, 3.05) is 6.61 Å². The second kappa shape index (κ2) is 5.83. The van der Waals surface area contributed by atoms with Crippen LogP contribution in [0.15, 0.2) is 24.3 Å². The molecule has 3 heteroatoms. The highest BCUT2D eigenvalue weighted by molar-refractivity contribution is 5.31. The van der Waals surface area contributed by atoms with Crippen molar-refractivity contribution in [3.63, 3.8) is 0 Å². The topological polar surface area (TPSA) is 47.3 Å². The first-order chi connectivity index (χ1) is 8.73. The molecule has 0 heterocycles. The average Bonchev–Trinajstić information content (AvgIpc) is 2.82. The van der Waals surface area contributed by atoms with E-state index in [1.54, 1.807) is 0 Å². The summed E-state index contributed by atoms with van der Waals surface area (Å²) in [5, 5.41) is 0. The zero-order chi connectivity index (χ0) is 13.0. The van der Waals surface area contributed by atoms with Crippen LogP contribution in [0.2, 0.25) is 0 Å². The first-order valence-corrected chi connectivity index (χ1v) is 6.89. The van der Waals surface area contributed by atoms with E-state index in [0.717, 1.165) is 19.4 Å². The highest BCUT2D eigenvalue weighted by Crippen LogP contribution is 2.43. The summed E-state index contributed by atoms with van der Waals surface area (Å²) >= 11 is 0. The molecule has 3 N–H and O–H groups in total. The van der Waals surface area contributed by atoms with Gasteiger partial charge in [0.2, 0.25) is 0 Å². The van der Waals surface area contributed by atoms with E-state index < -0.39 is 0 Å². The van der Waals surface area contributed by atoms with Crippen LogP contribution in [0.1, 0.15) is 49.8 Å². The fourth-order valence-electron chi connectivity index (χ4n) is 3.21. The van der Waals surface area contributed by atoms with E-state index >= 15 is 0 Å². The molecule has 0 saturated heterocycles. The van der Waals surface area contributed by atoms with E-state index in [-0.39, 0.29) is 11.6 Å². The van der Waals surface area contributed by atoms with Crippen molar-refractivity contribution in [1.29, 1.82) is 0 Å². The first-order valence-electron chi connectivity index (χ1n) is 6.89. The number of benzene rings is 1. The molecule has 0 spiro atoms. The predicted octanol–water partition coefficient (Wildman–Crippen LogP) is 2.85. The van der Waals surface area contributed by atoms with Gasteiger partial charge < -0.3 is 4.74 Å². The summed E-state index contributed by atoms with van der Waals surface area (Å²) in [6.07, 6.45) is 4.63. The third-order valence-corrected chi connectivity index (χ3v) is 4.07. The highest BCUT2D eigenvalue weighted by atomic mass is 16.5. The monoisotopic (exact) mass is 248 g/mol. The van der Waals surface area contributed by atoms with Crippen LogP contribution >= 0.6 is 0 Å². The third-order valence-electron chi connectivity index (χ3n) is 4.07. The molecule has 1 atom stereocenters. The Labute approximate surface area is 110 Å². The summed E-state index contributed by atoms with van der Waals surface area (Å²) in [6, 6.07) is 8.50. The van der Waals surface area contributed by atoms with Crippen LogP contribution in [-0.4, -0.2) is 12.2 Å². The van der Waals surface area contributed by atoms with E-state index in [1.807, 2.05) is 0 Å². The van der Waals surface area contributed by atoms with E-state index in [9.17, 15) is 0 Å². The highest BCUT2D eigenvalue weighted by Gasteiger charge is 2.42. The second-order valence-electron chi connectivity index (χ2n) is 5.16. The van der Waals surface area contributed by atoms with Gasteiger partial charge in [0, 0.05) is 6.61 Å². The van der Waals surface area contributed by atoms with Crippen LogP contribution in [0, 0.1) is 6.92 Å². The molecule has 0 aliphatic heterocycles. The molecule has 0 amide bonds. The summed E-state index contributed by atoms with van der Waals surface area (Å²) in [7, 11) is 0. The van der Waals surface area contributed by atoms with Gasteiger partial charge in [-0.3, -0.25) is 11.3 Å². The minimum Gasteiger partial charge on any atom is -0.373 e. The summed E-state index contributed by atoms with van der Waals surface area (Å²) < 4.78 is 6.11. The number of ether oxygens (including phenoxy) is 1. The first kappa shape index (κ1) is 13.5. The molecule has 0 radical (unpaired) electrons. The van der Waals surface area contributed by atoms with Crippen molar-refractivity contribution >= 4 is 0 Å². The SMILES string of the molecule is CCOC1(C(NN)c2ccccc2C)CCCC1. The largest absolute Gasteiger partial charge is 0.373 e. The molecular formula is C15H24N2O. The minimum absolute atomic E-state index is 0.0844. The summed E-state index contributed by atoms with van der Waals surface area (Å²) in [5.74, 6) is 5.84. The van der Waals surface area contributed by atoms with Crippen LogP contribution in [-0.2, 0) is 4.74 Å². The molecule has 1 saturated carbocycles. The fourth-order valence-corrected chi connectivity index (χ4v) is 3.21. The smallest absolute Gasteiger partial charge is 0.0889 e. The molecule has 2 rings (SSSR count). The Balaban J connectivity index is 2.34. The molecule has 1 fully saturated rings. The Hall–Kier alpha value is -0.900. The van der Waals surface area contributed by atoms with Gasteiger partial charge in [0.15, 0.2) is 0 Å². The second-order valence-corrected chi connectivity index (χ2v) is 5.16. The lowest BCUT2D eigenvalue weighted by Gasteiger charge is -2.38. The van der Waals surface area contributed by atoms with Crippen LogP contribution < -0.4 is 11.3 Å². The van der Waals surface area contributed by atoms with Crippen LogP contribution in [0.4, 0.5) is 0 Å². The van der Waals surface area contributed by atoms with Crippen molar-refractivity contribution in [3.8, 4) is 0 Å². The zero-order valence-corrected chi connectivity index (χ0v) is 11.4. The lowest BCUT2D eigenvalue weighted by Crippen LogP contribution is -2.47. The van der Waals surface area contributed by atoms with Crippen molar-refractivity contribution < 1.29 is 4.74 Å². The number of aryl methyl sites for hydroxylation is 1. The summed E-state index contributed by atoms with van der Waals surface area (Å²) in [6.45, 7) is 4.93. The van der Waals surface area contributed by atoms with Gasteiger partial charge in [0.25, 0.3) is 0 Å². The van der Waals surface area contributed by atoms with Crippen molar-refractivity contribution in [2.45, 2.75) is 51.2 Å². The van der Waals surface area contributed by atoms with Gasteiger partial charge in [0.1, 0.15) is 0 Å². The number of hydrazine groups is 1.